The number of hydrogen-bond acceptors (Lipinski definition) is 2. The molecule has 0 aromatic heterocycles. The molecule has 1 aromatic carbocycles. The number of nitrogens with one attached hydrogen (secondary N) is 1. The summed E-state index contributed by atoms with van der Waals surface area (Å²) in [5, 5.41) is 3.44. The molecule has 0 heterocycles. The summed E-state index contributed by atoms with van der Waals surface area (Å²) in [6.45, 7) is 2.33. The lowest BCUT2D eigenvalue weighted by atomic mass is 9.92. The Bertz CT molecular complexity index is 420. The molecule has 1 saturated carbocycles. The Labute approximate surface area is 113 Å². The zero-order valence-electron chi connectivity index (χ0n) is 11.5. The second-order valence-corrected chi connectivity index (χ2v) is 5.97. The maximum absolute atomic E-state index is 12.3. The topological polar surface area (TPSA) is 21.3 Å². The van der Waals surface area contributed by atoms with Gasteiger partial charge < -0.3 is 10.1 Å². The van der Waals surface area contributed by atoms with Gasteiger partial charge in [-0.05, 0) is 30.7 Å². The number of benzene rings is 1. The average Bonchev–Trinajstić information content (AvgIpc) is 2.67. The van der Waals surface area contributed by atoms with E-state index in [1.807, 2.05) is 12.1 Å². The molecule has 1 N–H and O–H groups in total. The molecule has 4 heteroatoms. The van der Waals surface area contributed by atoms with Crippen LogP contribution < -0.4 is 10.1 Å². The second-order valence-electron chi connectivity index (χ2n) is 5.97. The summed E-state index contributed by atoms with van der Waals surface area (Å²) < 4.78 is 29.1. The van der Waals surface area contributed by atoms with Gasteiger partial charge in [-0.3, -0.25) is 0 Å². The number of halogens is 2. The third kappa shape index (κ3) is 4.16. The van der Waals surface area contributed by atoms with E-state index < -0.39 is 6.61 Å². The third-order valence-electron chi connectivity index (χ3n) is 3.74. The van der Waals surface area contributed by atoms with Crippen LogP contribution in [-0.4, -0.2) is 12.7 Å². The van der Waals surface area contributed by atoms with Crippen LogP contribution in [0.5, 0.6) is 5.75 Å². The second kappa shape index (κ2) is 5.87. The van der Waals surface area contributed by atoms with Crippen molar-refractivity contribution in [3.63, 3.8) is 0 Å². The van der Waals surface area contributed by atoms with Crippen molar-refractivity contribution in [2.45, 2.75) is 52.3 Å². The highest BCUT2D eigenvalue weighted by atomic mass is 19.3. The molecule has 1 fully saturated rings. The fourth-order valence-electron chi connectivity index (χ4n) is 2.73. The average molecular weight is 269 g/mol. The molecule has 1 aliphatic rings. The first-order valence-corrected chi connectivity index (χ1v) is 6.72. The number of alkyl halides is 2. The lowest BCUT2D eigenvalue weighted by Gasteiger charge is -2.18. The molecule has 19 heavy (non-hydrogen) atoms. The standard InChI is InChI=1S/C15H21F2NO/c1-15(2)8-7-12(9-15)18-10-11-5-3-4-6-13(11)19-14(16)17/h3-6,12,14,18H,7-10H2,1-2H3. The number of hydrogen-bond donors (Lipinski definition) is 1. The van der Waals surface area contributed by atoms with Crippen LogP contribution in [-0.2, 0) is 6.54 Å². The number of para-hydroxylation sites is 1. The fraction of sp³-hybridized carbons (Fsp3) is 0.600. The highest BCUT2D eigenvalue weighted by molar-refractivity contribution is 5.33. The first-order chi connectivity index (χ1) is 8.96. The van der Waals surface area contributed by atoms with E-state index in [9.17, 15) is 8.78 Å². The van der Waals surface area contributed by atoms with Crippen LogP contribution in [0, 0.1) is 5.41 Å². The molecule has 106 valence electrons. The normalized spacial score (nSPS) is 21.8. The van der Waals surface area contributed by atoms with E-state index in [-0.39, 0.29) is 5.75 Å². The van der Waals surface area contributed by atoms with E-state index in [2.05, 4.69) is 23.9 Å². The smallest absolute Gasteiger partial charge is 0.387 e. The molecule has 0 radical (unpaired) electrons. The van der Waals surface area contributed by atoms with Gasteiger partial charge in [0, 0.05) is 18.2 Å². The van der Waals surface area contributed by atoms with Crippen LogP contribution in [0.15, 0.2) is 24.3 Å². The minimum atomic E-state index is -2.77. The van der Waals surface area contributed by atoms with Gasteiger partial charge in [-0.1, -0.05) is 32.0 Å². The van der Waals surface area contributed by atoms with E-state index in [4.69, 9.17) is 0 Å². The minimum Gasteiger partial charge on any atom is -0.434 e. The van der Waals surface area contributed by atoms with Crippen molar-refractivity contribution in [3.8, 4) is 5.75 Å². The lowest BCUT2D eigenvalue weighted by molar-refractivity contribution is -0.0505. The van der Waals surface area contributed by atoms with Gasteiger partial charge in [-0.2, -0.15) is 8.78 Å². The molecule has 1 aromatic rings. The van der Waals surface area contributed by atoms with E-state index in [1.54, 1.807) is 12.1 Å². The maximum Gasteiger partial charge on any atom is 0.387 e. The van der Waals surface area contributed by atoms with Crippen LogP contribution in [0.4, 0.5) is 8.78 Å². The Morgan fingerprint density at radius 3 is 2.74 bits per heavy atom. The van der Waals surface area contributed by atoms with Crippen molar-refractivity contribution >= 4 is 0 Å². The van der Waals surface area contributed by atoms with Crippen LogP contribution in [0.1, 0.15) is 38.7 Å². The summed E-state index contributed by atoms with van der Waals surface area (Å²) in [4.78, 5) is 0. The van der Waals surface area contributed by atoms with E-state index in [0.29, 0.717) is 18.0 Å². The Morgan fingerprint density at radius 2 is 2.11 bits per heavy atom. The Morgan fingerprint density at radius 1 is 1.37 bits per heavy atom. The summed E-state index contributed by atoms with van der Waals surface area (Å²) >= 11 is 0. The maximum atomic E-state index is 12.3. The zero-order chi connectivity index (χ0) is 13.9. The fourth-order valence-corrected chi connectivity index (χ4v) is 2.73. The van der Waals surface area contributed by atoms with Crippen molar-refractivity contribution in [3.05, 3.63) is 29.8 Å². The molecule has 0 saturated heterocycles. The van der Waals surface area contributed by atoms with Gasteiger partial charge in [-0.25, -0.2) is 0 Å². The third-order valence-corrected chi connectivity index (χ3v) is 3.74. The molecule has 1 atom stereocenters. The SMILES string of the molecule is CC1(C)CCC(NCc2ccccc2OC(F)F)C1. The van der Waals surface area contributed by atoms with E-state index in [0.717, 1.165) is 18.4 Å². The van der Waals surface area contributed by atoms with Gasteiger partial charge in [0.2, 0.25) is 0 Å². The highest BCUT2D eigenvalue weighted by Crippen LogP contribution is 2.37. The van der Waals surface area contributed by atoms with Gasteiger partial charge in [0.25, 0.3) is 0 Å². The van der Waals surface area contributed by atoms with Crippen molar-refractivity contribution in [2.75, 3.05) is 0 Å². The van der Waals surface area contributed by atoms with Gasteiger partial charge in [0.1, 0.15) is 5.75 Å². The lowest BCUT2D eigenvalue weighted by Crippen LogP contribution is -2.27. The van der Waals surface area contributed by atoms with E-state index >= 15 is 0 Å². The van der Waals surface area contributed by atoms with Gasteiger partial charge >= 0.3 is 6.61 Å². The largest absolute Gasteiger partial charge is 0.434 e. The number of ether oxygens (including phenoxy) is 1. The van der Waals surface area contributed by atoms with Crippen LogP contribution in [0.25, 0.3) is 0 Å². The van der Waals surface area contributed by atoms with Crippen LogP contribution in [0.3, 0.4) is 0 Å². The summed E-state index contributed by atoms with van der Waals surface area (Å²) in [6, 6.07) is 7.43. The molecule has 0 amide bonds. The van der Waals surface area contributed by atoms with Gasteiger partial charge in [-0.15, -0.1) is 0 Å². The Balaban J connectivity index is 1.92. The predicted octanol–water partition coefficient (Wildman–Crippen LogP) is 3.96. The molecule has 2 rings (SSSR count). The molecule has 1 unspecified atom stereocenters. The van der Waals surface area contributed by atoms with Crippen LogP contribution >= 0.6 is 0 Å². The summed E-state index contributed by atoms with van der Waals surface area (Å²) in [5.74, 6) is 0.266. The molecule has 0 aliphatic heterocycles. The van der Waals surface area contributed by atoms with Gasteiger partial charge in [0.15, 0.2) is 0 Å². The molecular formula is C15H21F2NO. The Hall–Kier alpha value is -1.16. The molecule has 0 bridgehead atoms. The summed E-state index contributed by atoms with van der Waals surface area (Å²) in [5.41, 5.74) is 1.17. The summed E-state index contributed by atoms with van der Waals surface area (Å²) in [6.07, 6.45) is 3.48. The van der Waals surface area contributed by atoms with Crippen LogP contribution in [0.2, 0.25) is 0 Å². The molecule has 2 nitrogen and oxygen atoms in total. The monoisotopic (exact) mass is 269 g/mol. The van der Waals surface area contributed by atoms with Crippen molar-refractivity contribution in [1.29, 1.82) is 0 Å². The van der Waals surface area contributed by atoms with Crippen molar-refractivity contribution in [1.82, 2.24) is 5.32 Å². The molecule has 0 spiro atoms. The Kier molecular flexibility index (Phi) is 4.40. The quantitative estimate of drug-likeness (QED) is 0.873. The highest BCUT2D eigenvalue weighted by Gasteiger charge is 2.30. The minimum absolute atomic E-state index is 0.266. The molecular weight excluding hydrogens is 248 g/mol. The predicted molar refractivity (Wildman–Crippen MR) is 71.3 cm³/mol. The zero-order valence-corrected chi connectivity index (χ0v) is 11.5. The molecule has 1 aliphatic carbocycles. The van der Waals surface area contributed by atoms with Crippen molar-refractivity contribution < 1.29 is 13.5 Å². The number of rotatable bonds is 5. The first kappa shape index (κ1) is 14.3. The summed E-state index contributed by atoms with van der Waals surface area (Å²) in [7, 11) is 0. The van der Waals surface area contributed by atoms with Crippen molar-refractivity contribution in [2.24, 2.45) is 5.41 Å². The van der Waals surface area contributed by atoms with Gasteiger partial charge in [0.05, 0.1) is 0 Å². The first-order valence-electron chi connectivity index (χ1n) is 6.72. The van der Waals surface area contributed by atoms with E-state index in [1.165, 1.54) is 6.42 Å².